The number of nitrogens with zero attached hydrogens (tertiary/aromatic N) is 2. The Bertz CT molecular complexity index is 298. The van der Waals surface area contributed by atoms with Crippen LogP contribution in [0.15, 0.2) is 12.4 Å². The van der Waals surface area contributed by atoms with Gasteiger partial charge in [0.15, 0.2) is 0 Å². The molecular formula is C12H21N3. The summed E-state index contributed by atoms with van der Waals surface area (Å²) in [6.07, 6.45) is 7.70. The molecule has 3 nitrogen and oxygen atoms in total. The topological polar surface area (TPSA) is 29.9 Å². The number of imidazole rings is 1. The summed E-state index contributed by atoms with van der Waals surface area (Å²) in [5.74, 6) is 2.07. The molecular weight excluding hydrogens is 186 g/mol. The standard InChI is InChI=1S/C12H21N3/c1-3-15-7-6-13-12(15)8-11-5-4-10(2)9-14-11/h6-7,10-11,14H,3-5,8-9H2,1-2H3. The summed E-state index contributed by atoms with van der Waals surface area (Å²) in [7, 11) is 0. The minimum absolute atomic E-state index is 0.633. The van der Waals surface area contributed by atoms with Gasteiger partial charge >= 0.3 is 0 Å². The largest absolute Gasteiger partial charge is 0.335 e. The second-order valence-electron chi connectivity index (χ2n) is 4.62. The number of aryl methyl sites for hydroxylation is 1. The van der Waals surface area contributed by atoms with Gasteiger partial charge in [-0.15, -0.1) is 0 Å². The molecule has 0 aliphatic carbocycles. The van der Waals surface area contributed by atoms with Gasteiger partial charge in [0.1, 0.15) is 5.82 Å². The Balaban J connectivity index is 1.91. The summed E-state index contributed by atoms with van der Waals surface area (Å²) in [4.78, 5) is 4.42. The summed E-state index contributed by atoms with van der Waals surface area (Å²) in [5, 5.41) is 3.61. The Hall–Kier alpha value is -0.830. The van der Waals surface area contributed by atoms with E-state index >= 15 is 0 Å². The van der Waals surface area contributed by atoms with E-state index < -0.39 is 0 Å². The molecule has 2 rings (SSSR count). The second kappa shape index (κ2) is 4.79. The second-order valence-corrected chi connectivity index (χ2v) is 4.62. The number of piperidine rings is 1. The summed E-state index contributed by atoms with van der Waals surface area (Å²) in [6, 6.07) is 0.633. The molecule has 1 aromatic heterocycles. The van der Waals surface area contributed by atoms with Gasteiger partial charge in [-0.25, -0.2) is 4.98 Å². The molecule has 3 heteroatoms. The lowest BCUT2D eigenvalue weighted by Crippen LogP contribution is -2.39. The van der Waals surface area contributed by atoms with E-state index in [2.05, 4.69) is 34.9 Å². The van der Waals surface area contributed by atoms with Crippen LogP contribution in [0.2, 0.25) is 0 Å². The maximum absolute atomic E-state index is 4.42. The van der Waals surface area contributed by atoms with Gasteiger partial charge < -0.3 is 9.88 Å². The first kappa shape index (κ1) is 10.7. The molecule has 84 valence electrons. The lowest BCUT2D eigenvalue weighted by atomic mass is 9.94. The third-order valence-electron chi connectivity index (χ3n) is 3.33. The van der Waals surface area contributed by atoms with Crippen LogP contribution >= 0.6 is 0 Å². The number of nitrogens with one attached hydrogen (secondary N) is 1. The van der Waals surface area contributed by atoms with Crippen LogP contribution in [0.3, 0.4) is 0 Å². The summed E-state index contributed by atoms with van der Waals surface area (Å²) in [5.41, 5.74) is 0. The maximum Gasteiger partial charge on any atom is 0.110 e. The van der Waals surface area contributed by atoms with Crippen LogP contribution in [-0.4, -0.2) is 22.1 Å². The first-order chi connectivity index (χ1) is 7.29. The maximum atomic E-state index is 4.42. The van der Waals surface area contributed by atoms with Crippen LogP contribution < -0.4 is 5.32 Å². The van der Waals surface area contributed by atoms with Crippen molar-refractivity contribution in [3.63, 3.8) is 0 Å². The SMILES string of the molecule is CCn1ccnc1CC1CCC(C)CN1. The van der Waals surface area contributed by atoms with Crippen LogP contribution in [0.1, 0.15) is 32.5 Å². The minimum atomic E-state index is 0.633. The Labute approximate surface area is 91.9 Å². The molecule has 0 bridgehead atoms. The van der Waals surface area contributed by atoms with Crippen molar-refractivity contribution < 1.29 is 0 Å². The fraction of sp³-hybridized carbons (Fsp3) is 0.750. The van der Waals surface area contributed by atoms with E-state index in [-0.39, 0.29) is 0 Å². The van der Waals surface area contributed by atoms with Gasteiger partial charge in [0.05, 0.1) is 0 Å². The van der Waals surface area contributed by atoms with E-state index in [0.29, 0.717) is 6.04 Å². The normalized spacial score (nSPS) is 26.8. The van der Waals surface area contributed by atoms with Crippen LogP contribution in [0.5, 0.6) is 0 Å². The fourth-order valence-electron chi connectivity index (χ4n) is 2.27. The molecule has 1 saturated heterocycles. The summed E-state index contributed by atoms with van der Waals surface area (Å²) < 4.78 is 2.24. The smallest absolute Gasteiger partial charge is 0.110 e. The molecule has 1 N–H and O–H groups in total. The van der Waals surface area contributed by atoms with Gasteiger partial charge in [-0.2, -0.15) is 0 Å². The zero-order chi connectivity index (χ0) is 10.7. The van der Waals surface area contributed by atoms with E-state index in [1.165, 1.54) is 18.7 Å². The molecule has 15 heavy (non-hydrogen) atoms. The Morgan fingerprint density at radius 3 is 3.07 bits per heavy atom. The molecule has 1 fully saturated rings. The molecule has 1 aromatic rings. The predicted octanol–water partition coefficient (Wildman–Crippen LogP) is 1.83. The van der Waals surface area contributed by atoms with E-state index in [9.17, 15) is 0 Å². The number of hydrogen-bond donors (Lipinski definition) is 1. The fourth-order valence-corrected chi connectivity index (χ4v) is 2.27. The summed E-state index contributed by atoms with van der Waals surface area (Å²) >= 11 is 0. The van der Waals surface area contributed by atoms with Crippen LogP contribution in [0.4, 0.5) is 0 Å². The monoisotopic (exact) mass is 207 g/mol. The van der Waals surface area contributed by atoms with E-state index in [1.807, 2.05) is 6.20 Å². The molecule has 1 aliphatic rings. The van der Waals surface area contributed by atoms with Crippen molar-refractivity contribution in [2.45, 2.75) is 45.7 Å². The molecule has 2 heterocycles. The van der Waals surface area contributed by atoms with Crippen molar-refractivity contribution in [2.24, 2.45) is 5.92 Å². The van der Waals surface area contributed by atoms with Crippen molar-refractivity contribution in [3.8, 4) is 0 Å². The lowest BCUT2D eigenvalue weighted by molar-refractivity contribution is 0.321. The van der Waals surface area contributed by atoms with Crippen molar-refractivity contribution in [3.05, 3.63) is 18.2 Å². The molecule has 0 spiro atoms. The van der Waals surface area contributed by atoms with Crippen molar-refractivity contribution in [1.29, 1.82) is 0 Å². The Kier molecular flexibility index (Phi) is 3.41. The highest BCUT2D eigenvalue weighted by Gasteiger charge is 2.18. The van der Waals surface area contributed by atoms with E-state index in [4.69, 9.17) is 0 Å². The average Bonchev–Trinajstić information content (AvgIpc) is 2.69. The van der Waals surface area contributed by atoms with Crippen molar-refractivity contribution in [2.75, 3.05) is 6.54 Å². The molecule has 0 radical (unpaired) electrons. The Morgan fingerprint density at radius 1 is 1.53 bits per heavy atom. The number of rotatable bonds is 3. The van der Waals surface area contributed by atoms with E-state index in [0.717, 1.165) is 25.4 Å². The van der Waals surface area contributed by atoms with Crippen molar-refractivity contribution >= 4 is 0 Å². The zero-order valence-electron chi connectivity index (χ0n) is 9.74. The molecule has 2 unspecified atom stereocenters. The number of hydrogen-bond acceptors (Lipinski definition) is 2. The van der Waals surface area contributed by atoms with Crippen LogP contribution in [0, 0.1) is 5.92 Å². The quantitative estimate of drug-likeness (QED) is 0.819. The van der Waals surface area contributed by atoms with Gasteiger partial charge in [-0.3, -0.25) is 0 Å². The highest BCUT2D eigenvalue weighted by Crippen LogP contribution is 2.16. The molecule has 0 amide bonds. The third-order valence-corrected chi connectivity index (χ3v) is 3.33. The molecule has 0 saturated carbocycles. The summed E-state index contributed by atoms with van der Waals surface area (Å²) in [6.45, 7) is 6.67. The lowest BCUT2D eigenvalue weighted by Gasteiger charge is -2.27. The van der Waals surface area contributed by atoms with Gasteiger partial charge in [0, 0.05) is 31.4 Å². The highest BCUT2D eigenvalue weighted by atomic mass is 15.1. The molecule has 0 aromatic carbocycles. The average molecular weight is 207 g/mol. The highest BCUT2D eigenvalue weighted by molar-refractivity contribution is 4.96. The third kappa shape index (κ3) is 2.59. The van der Waals surface area contributed by atoms with Gasteiger partial charge in [0.2, 0.25) is 0 Å². The van der Waals surface area contributed by atoms with E-state index in [1.54, 1.807) is 0 Å². The first-order valence-corrected chi connectivity index (χ1v) is 6.03. The van der Waals surface area contributed by atoms with Gasteiger partial charge in [0.25, 0.3) is 0 Å². The molecule has 1 aliphatic heterocycles. The Morgan fingerprint density at radius 2 is 2.40 bits per heavy atom. The predicted molar refractivity (Wildman–Crippen MR) is 61.8 cm³/mol. The first-order valence-electron chi connectivity index (χ1n) is 6.03. The minimum Gasteiger partial charge on any atom is -0.335 e. The zero-order valence-corrected chi connectivity index (χ0v) is 9.74. The van der Waals surface area contributed by atoms with Crippen molar-refractivity contribution in [1.82, 2.24) is 14.9 Å². The van der Waals surface area contributed by atoms with Crippen LogP contribution in [-0.2, 0) is 13.0 Å². The van der Waals surface area contributed by atoms with Crippen LogP contribution in [0.25, 0.3) is 0 Å². The van der Waals surface area contributed by atoms with Gasteiger partial charge in [-0.05, 0) is 32.2 Å². The number of aromatic nitrogens is 2. The molecule has 2 atom stereocenters. The van der Waals surface area contributed by atoms with Gasteiger partial charge in [-0.1, -0.05) is 6.92 Å².